The summed E-state index contributed by atoms with van der Waals surface area (Å²) in [5.41, 5.74) is 15.9. The van der Waals surface area contributed by atoms with Crippen LogP contribution in [-0.4, -0.2) is 0 Å². The summed E-state index contributed by atoms with van der Waals surface area (Å²) < 4.78 is 0. The lowest BCUT2D eigenvalue weighted by atomic mass is 9.57. The number of rotatable bonds is 3. The highest BCUT2D eigenvalue weighted by Crippen LogP contribution is 2.55. The predicted octanol–water partition coefficient (Wildman–Crippen LogP) is 12.8. The van der Waals surface area contributed by atoms with Gasteiger partial charge in [-0.05, 0) is 94.4 Å². The molecule has 7 aromatic rings. The Morgan fingerprint density at radius 2 is 1.14 bits per heavy atom. The van der Waals surface area contributed by atoms with Crippen LogP contribution in [0, 0.1) is 5.92 Å². The van der Waals surface area contributed by atoms with Crippen LogP contribution in [0.1, 0.15) is 54.2 Å². The van der Waals surface area contributed by atoms with E-state index in [4.69, 9.17) is 0 Å². The van der Waals surface area contributed by atoms with Crippen LogP contribution >= 0.6 is 0 Å². The molecule has 0 radical (unpaired) electrons. The second-order valence-electron chi connectivity index (χ2n) is 15.0. The molecule has 0 fully saturated rings. The molecule has 2 atom stereocenters. The third-order valence-corrected chi connectivity index (χ3v) is 12.1. The summed E-state index contributed by atoms with van der Waals surface area (Å²) in [7, 11) is 0. The van der Waals surface area contributed by atoms with Crippen molar-refractivity contribution in [2.75, 3.05) is 0 Å². The van der Waals surface area contributed by atoms with E-state index in [0.717, 1.165) is 0 Å². The predicted molar refractivity (Wildman–Crippen MR) is 212 cm³/mol. The molecular weight excluding hydrogens is 601 g/mol. The molecule has 0 spiro atoms. The molecule has 238 valence electrons. The summed E-state index contributed by atoms with van der Waals surface area (Å²) in [6.07, 6.45) is 9.24. The maximum absolute atomic E-state index is 2.45. The Kier molecular flexibility index (Phi) is 6.22. The van der Waals surface area contributed by atoms with Crippen LogP contribution < -0.4 is 0 Å². The number of allylic oxidation sites excluding steroid dienone is 5. The van der Waals surface area contributed by atoms with Crippen molar-refractivity contribution in [1.29, 1.82) is 0 Å². The van der Waals surface area contributed by atoms with E-state index >= 15 is 0 Å². The Balaban J connectivity index is 1.10. The van der Waals surface area contributed by atoms with Crippen LogP contribution in [0.5, 0.6) is 0 Å². The van der Waals surface area contributed by atoms with Gasteiger partial charge in [-0.3, -0.25) is 0 Å². The fraction of sp³-hybridized carbons (Fsp3) is 0.120. The summed E-state index contributed by atoms with van der Waals surface area (Å²) in [5, 5.41) is 5.22. The molecule has 0 heteroatoms. The van der Waals surface area contributed by atoms with Crippen molar-refractivity contribution in [2.24, 2.45) is 5.92 Å². The van der Waals surface area contributed by atoms with Crippen molar-refractivity contribution >= 4 is 27.1 Å². The second kappa shape index (κ2) is 10.6. The molecule has 0 heterocycles. The highest BCUT2D eigenvalue weighted by atomic mass is 14.5. The first-order valence-corrected chi connectivity index (χ1v) is 17.9. The maximum atomic E-state index is 2.45. The molecule has 50 heavy (non-hydrogen) atoms. The third-order valence-electron chi connectivity index (χ3n) is 12.1. The van der Waals surface area contributed by atoms with Gasteiger partial charge in [-0.2, -0.15) is 0 Å². The van der Waals surface area contributed by atoms with Crippen LogP contribution in [-0.2, 0) is 10.8 Å². The molecule has 7 aromatic carbocycles. The molecule has 10 rings (SSSR count). The molecule has 0 nitrogen and oxygen atoms in total. The van der Waals surface area contributed by atoms with Crippen molar-refractivity contribution in [3.05, 3.63) is 209 Å². The molecule has 0 aromatic heterocycles. The van der Waals surface area contributed by atoms with Crippen molar-refractivity contribution in [1.82, 2.24) is 0 Å². The number of benzene rings is 7. The monoisotopic (exact) mass is 638 g/mol. The zero-order valence-electron chi connectivity index (χ0n) is 28.7. The van der Waals surface area contributed by atoms with Gasteiger partial charge in [-0.25, -0.2) is 0 Å². The van der Waals surface area contributed by atoms with Crippen molar-refractivity contribution in [2.45, 2.75) is 31.6 Å². The van der Waals surface area contributed by atoms with E-state index in [1.165, 1.54) is 88.3 Å². The standard InChI is InChI=1S/C50H38/c1-49(2)43-29-26-35(31-42(43)48-38-17-7-5-14-34(38)25-30-46(48)49)32-23-27-36(28-24-32)50(3)44-21-10-8-18-40(44)47(41-19-9-11-22-45(41)50)39-20-12-15-33-13-4-6-16-37(33)39/h4-31,44H,1-3H3. The van der Waals surface area contributed by atoms with E-state index in [1.807, 2.05) is 0 Å². The summed E-state index contributed by atoms with van der Waals surface area (Å²) in [6, 6.07) is 54.7. The average molecular weight is 639 g/mol. The normalized spacial score (nSPS) is 19.7. The minimum Gasteiger partial charge on any atom is -0.0758 e. The van der Waals surface area contributed by atoms with Gasteiger partial charge in [0.15, 0.2) is 0 Å². The van der Waals surface area contributed by atoms with E-state index < -0.39 is 0 Å². The van der Waals surface area contributed by atoms with Crippen LogP contribution in [0.4, 0.5) is 0 Å². The Bertz CT molecular complexity index is 2620. The molecule has 0 bridgehead atoms. The van der Waals surface area contributed by atoms with Gasteiger partial charge in [0.1, 0.15) is 0 Å². The third kappa shape index (κ3) is 4.00. The minimum atomic E-state index is -0.236. The van der Waals surface area contributed by atoms with Crippen LogP contribution in [0.3, 0.4) is 0 Å². The lowest BCUT2D eigenvalue weighted by Crippen LogP contribution is -2.38. The molecular formula is C50H38. The highest BCUT2D eigenvalue weighted by Gasteiger charge is 2.45. The summed E-state index contributed by atoms with van der Waals surface area (Å²) in [6.45, 7) is 7.19. The lowest BCUT2D eigenvalue weighted by Gasteiger charge is -2.45. The van der Waals surface area contributed by atoms with Crippen LogP contribution in [0.25, 0.3) is 49.4 Å². The smallest absolute Gasteiger partial charge is 0.0284 e. The van der Waals surface area contributed by atoms with Gasteiger partial charge < -0.3 is 0 Å². The van der Waals surface area contributed by atoms with Gasteiger partial charge in [0, 0.05) is 16.7 Å². The van der Waals surface area contributed by atoms with Crippen LogP contribution in [0.15, 0.2) is 175 Å². The van der Waals surface area contributed by atoms with E-state index in [-0.39, 0.29) is 16.7 Å². The van der Waals surface area contributed by atoms with Crippen molar-refractivity contribution in [3.8, 4) is 22.3 Å². The zero-order chi connectivity index (χ0) is 33.6. The minimum absolute atomic E-state index is 0.0296. The fourth-order valence-corrected chi connectivity index (χ4v) is 9.55. The van der Waals surface area contributed by atoms with Crippen molar-refractivity contribution < 1.29 is 0 Å². The number of hydrogen-bond acceptors (Lipinski definition) is 0. The summed E-state index contributed by atoms with van der Waals surface area (Å²) >= 11 is 0. The Morgan fingerprint density at radius 1 is 0.480 bits per heavy atom. The Morgan fingerprint density at radius 3 is 1.98 bits per heavy atom. The summed E-state index contributed by atoms with van der Waals surface area (Å²) in [4.78, 5) is 0. The molecule has 0 N–H and O–H groups in total. The Hall–Kier alpha value is -5.72. The lowest BCUT2D eigenvalue weighted by molar-refractivity contribution is 0.463. The molecule has 3 aliphatic rings. The zero-order valence-corrected chi connectivity index (χ0v) is 28.7. The number of hydrogen-bond donors (Lipinski definition) is 0. The first kappa shape index (κ1) is 29.2. The van der Waals surface area contributed by atoms with E-state index in [1.54, 1.807) is 0 Å². The fourth-order valence-electron chi connectivity index (χ4n) is 9.55. The quantitative estimate of drug-likeness (QED) is 0.181. The van der Waals surface area contributed by atoms with Gasteiger partial charge in [0.05, 0.1) is 0 Å². The molecule has 2 unspecified atom stereocenters. The first-order chi connectivity index (χ1) is 24.4. The van der Waals surface area contributed by atoms with E-state index in [0.29, 0.717) is 0 Å². The molecule has 0 saturated heterocycles. The largest absolute Gasteiger partial charge is 0.0758 e. The van der Waals surface area contributed by atoms with Gasteiger partial charge in [-0.1, -0.05) is 185 Å². The summed E-state index contributed by atoms with van der Waals surface area (Å²) in [5.74, 6) is 0.203. The molecule has 0 amide bonds. The maximum Gasteiger partial charge on any atom is 0.0284 e. The van der Waals surface area contributed by atoms with Gasteiger partial charge >= 0.3 is 0 Å². The second-order valence-corrected chi connectivity index (χ2v) is 15.0. The molecule has 0 aliphatic heterocycles. The van der Waals surface area contributed by atoms with E-state index in [9.17, 15) is 0 Å². The SMILES string of the molecule is CC1(C)c2ccc(-c3ccc(C4(C)c5ccccc5C(c5cccc6ccccc56)=C5C=CC=CC54)cc3)cc2-c2c1ccc1ccccc21. The molecule has 0 saturated carbocycles. The topological polar surface area (TPSA) is 0 Å². The Labute approximate surface area is 294 Å². The van der Waals surface area contributed by atoms with Crippen molar-refractivity contribution in [3.63, 3.8) is 0 Å². The average Bonchev–Trinajstić information content (AvgIpc) is 3.40. The molecule has 3 aliphatic carbocycles. The van der Waals surface area contributed by atoms with Gasteiger partial charge in [0.2, 0.25) is 0 Å². The number of fused-ring (bicyclic) bond motifs is 8. The van der Waals surface area contributed by atoms with Gasteiger partial charge in [-0.15, -0.1) is 0 Å². The van der Waals surface area contributed by atoms with E-state index in [2.05, 4.69) is 191 Å². The first-order valence-electron chi connectivity index (χ1n) is 17.9. The van der Waals surface area contributed by atoms with Gasteiger partial charge in [0.25, 0.3) is 0 Å². The highest BCUT2D eigenvalue weighted by molar-refractivity contribution is 6.03. The van der Waals surface area contributed by atoms with Crippen LogP contribution in [0.2, 0.25) is 0 Å².